The summed E-state index contributed by atoms with van der Waals surface area (Å²) in [5.41, 5.74) is 13.4. The summed E-state index contributed by atoms with van der Waals surface area (Å²) in [5.74, 6) is -1.16. The molecule has 5 nitrogen and oxygen atoms in total. The van der Waals surface area contributed by atoms with Crippen molar-refractivity contribution in [1.29, 1.82) is 0 Å². The molecule has 0 amide bonds. The van der Waals surface area contributed by atoms with Crippen LogP contribution in [0.25, 0.3) is 0 Å². The monoisotopic (exact) mass is 582 g/mol. The van der Waals surface area contributed by atoms with Crippen LogP contribution in [0.3, 0.4) is 0 Å². The van der Waals surface area contributed by atoms with Crippen molar-refractivity contribution in [3.8, 4) is 0 Å². The van der Waals surface area contributed by atoms with E-state index in [1.165, 1.54) is 0 Å². The first-order chi connectivity index (χ1) is 15.5. The number of halogens is 5. The summed E-state index contributed by atoms with van der Waals surface area (Å²) in [6.45, 7) is 13.0. The Kier molecular flexibility index (Phi) is 11.5. The molecule has 2 aromatic rings. The number of nitrogens with two attached hydrogens (primary N) is 2. The Labute approximate surface area is 235 Å². The smallest absolute Gasteiger partial charge is 0.150 e. The Morgan fingerprint density at radius 2 is 0.971 bits per heavy atom. The van der Waals surface area contributed by atoms with Crippen molar-refractivity contribution >= 4 is 76.0 Å². The fourth-order valence-corrected chi connectivity index (χ4v) is 4.44. The van der Waals surface area contributed by atoms with E-state index in [1.807, 2.05) is 41.5 Å². The number of nitrogen functional groups attached to an aromatic ring is 2. The number of hydrogen-bond acceptors (Lipinski definition) is 5. The molecule has 2 atom stereocenters. The molecule has 0 radical (unpaired) electrons. The molecule has 35 heavy (non-hydrogen) atoms. The van der Waals surface area contributed by atoms with Crippen molar-refractivity contribution < 1.29 is 4.79 Å². The van der Waals surface area contributed by atoms with Gasteiger partial charge in [-0.25, -0.2) is 0 Å². The van der Waals surface area contributed by atoms with Crippen molar-refractivity contribution in [2.75, 3.05) is 24.6 Å². The van der Waals surface area contributed by atoms with Crippen LogP contribution in [0.1, 0.15) is 64.5 Å². The van der Waals surface area contributed by atoms with Gasteiger partial charge in [0, 0.05) is 24.2 Å². The Morgan fingerprint density at radius 1 is 0.714 bits per heavy atom. The zero-order valence-electron chi connectivity index (χ0n) is 20.9. The molecule has 10 heteroatoms. The summed E-state index contributed by atoms with van der Waals surface area (Å²) in [7, 11) is 0. The topological polar surface area (TPSA) is 93.2 Å². The first-order valence-electron chi connectivity index (χ1n) is 11.0. The number of rotatable bonds is 8. The van der Waals surface area contributed by atoms with E-state index in [0.29, 0.717) is 44.3 Å². The molecule has 0 bridgehead atoms. The molecule has 2 aromatic carbocycles. The Balaban J connectivity index is 0.00000612. The minimum Gasteiger partial charge on any atom is -0.396 e. The van der Waals surface area contributed by atoms with Crippen LogP contribution in [0.5, 0.6) is 0 Å². The lowest BCUT2D eigenvalue weighted by molar-refractivity contribution is -0.122. The van der Waals surface area contributed by atoms with Crippen LogP contribution in [0, 0.1) is 0 Å². The normalized spacial score (nSPS) is 13.8. The molecular formula is C25H35Cl5N4O. The van der Waals surface area contributed by atoms with Crippen molar-refractivity contribution in [2.45, 2.75) is 64.5 Å². The average molecular weight is 585 g/mol. The van der Waals surface area contributed by atoms with Crippen molar-refractivity contribution in [3.63, 3.8) is 0 Å². The molecule has 0 saturated heterocycles. The van der Waals surface area contributed by atoms with E-state index < -0.39 is 11.8 Å². The lowest BCUT2D eigenvalue weighted by Gasteiger charge is -2.30. The Hall–Kier alpha value is -0.920. The number of carbonyl (C=O) groups excluding carboxylic acids is 1. The van der Waals surface area contributed by atoms with Gasteiger partial charge in [0.05, 0.1) is 43.3 Å². The lowest BCUT2D eigenvalue weighted by atomic mass is 9.82. The predicted molar refractivity (Wildman–Crippen MR) is 155 cm³/mol. The van der Waals surface area contributed by atoms with E-state index >= 15 is 0 Å². The molecule has 0 spiro atoms. The predicted octanol–water partition coefficient (Wildman–Crippen LogP) is 7.10. The van der Waals surface area contributed by atoms with Gasteiger partial charge in [-0.05, 0) is 76.9 Å². The first-order valence-corrected chi connectivity index (χ1v) is 12.5. The summed E-state index contributed by atoms with van der Waals surface area (Å²) < 4.78 is 0. The van der Waals surface area contributed by atoms with Gasteiger partial charge in [-0.3, -0.25) is 4.79 Å². The maximum Gasteiger partial charge on any atom is 0.150 e. The average Bonchev–Trinajstić information content (AvgIpc) is 2.68. The second-order valence-electron chi connectivity index (χ2n) is 10.6. The number of ketones is 1. The summed E-state index contributed by atoms with van der Waals surface area (Å²) in [6.07, 6.45) is 0. The van der Waals surface area contributed by atoms with E-state index in [2.05, 4.69) is 10.6 Å². The van der Waals surface area contributed by atoms with E-state index in [1.54, 1.807) is 24.3 Å². The molecule has 0 aromatic heterocycles. The fourth-order valence-electron chi connectivity index (χ4n) is 3.43. The van der Waals surface area contributed by atoms with Crippen LogP contribution >= 0.6 is 58.8 Å². The third-order valence-corrected chi connectivity index (χ3v) is 6.62. The summed E-state index contributed by atoms with van der Waals surface area (Å²) in [5, 5.41) is 8.09. The maximum absolute atomic E-state index is 14.2. The molecular weight excluding hydrogens is 550 g/mol. The van der Waals surface area contributed by atoms with Gasteiger partial charge in [0.25, 0.3) is 0 Å². The van der Waals surface area contributed by atoms with Crippen molar-refractivity contribution in [1.82, 2.24) is 10.6 Å². The number of hydrogen-bond donors (Lipinski definition) is 4. The number of carbonyl (C=O) groups is 1. The summed E-state index contributed by atoms with van der Waals surface area (Å²) >= 11 is 25.3. The number of nitrogens with one attached hydrogen (secondary N) is 2. The van der Waals surface area contributed by atoms with Crippen LogP contribution in [0.2, 0.25) is 20.1 Å². The molecule has 6 N–H and O–H groups in total. The molecule has 2 unspecified atom stereocenters. The van der Waals surface area contributed by atoms with Crippen molar-refractivity contribution in [3.05, 3.63) is 55.5 Å². The maximum atomic E-state index is 14.2. The van der Waals surface area contributed by atoms with Crippen LogP contribution in [0.15, 0.2) is 24.3 Å². The molecule has 2 rings (SSSR count). The molecule has 0 aliphatic heterocycles. The molecule has 0 saturated carbocycles. The quantitative estimate of drug-likeness (QED) is 0.248. The van der Waals surface area contributed by atoms with Gasteiger partial charge in [-0.15, -0.1) is 12.4 Å². The van der Waals surface area contributed by atoms with E-state index in [0.717, 1.165) is 0 Å². The highest BCUT2D eigenvalue weighted by molar-refractivity contribution is 6.39. The number of anilines is 2. The second-order valence-corrected chi connectivity index (χ2v) is 12.2. The molecule has 0 heterocycles. The van der Waals surface area contributed by atoms with Gasteiger partial charge in [0.2, 0.25) is 0 Å². The molecule has 196 valence electrons. The molecule has 0 aliphatic carbocycles. The second kappa shape index (κ2) is 12.6. The van der Waals surface area contributed by atoms with Gasteiger partial charge < -0.3 is 22.1 Å². The fraction of sp³-hybridized carbons (Fsp3) is 0.480. The third kappa shape index (κ3) is 9.15. The van der Waals surface area contributed by atoms with Gasteiger partial charge in [0.15, 0.2) is 0 Å². The standard InChI is InChI=1S/C25H34Cl4N4O.ClH/c1-24(2,3)32-11-15(13-7-17(26)21(30)18(27)8-13)23(34)16(12-33-25(4,5)6)14-9-19(28)22(31)20(29)10-14;/h7-10,15-16,32-33H,11-12,30-31H2,1-6H3;1H. The minimum atomic E-state index is -0.559. The number of Topliss-reactive ketones (excluding diaryl/α,β-unsaturated/α-hetero) is 1. The lowest BCUT2D eigenvalue weighted by Crippen LogP contribution is -2.44. The highest BCUT2D eigenvalue weighted by atomic mass is 35.5. The van der Waals surface area contributed by atoms with E-state index in [4.69, 9.17) is 57.9 Å². The largest absolute Gasteiger partial charge is 0.396 e. The minimum absolute atomic E-state index is 0. The van der Waals surface area contributed by atoms with Gasteiger partial charge >= 0.3 is 0 Å². The number of benzene rings is 2. The Bertz CT molecular complexity index is 920. The SMILES string of the molecule is CC(C)(C)NCC(C(=O)C(CNC(C)(C)C)c1cc(Cl)c(N)c(Cl)c1)c1cc(Cl)c(N)c(Cl)c1.Cl. The highest BCUT2D eigenvalue weighted by Crippen LogP contribution is 2.37. The van der Waals surface area contributed by atoms with Crippen LogP contribution in [-0.2, 0) is 4.79 Å². The summed E-state index contributed by atoms with van der Waals surface area (Å²) in [4.78, 5) is 14.2. The first kappa shape index (κ1) is 32.1. The summed E-state index contributed by atoms with van der Waals surface area (Å²) in [6, 6.07) is 6.81. The zero-order valence-corrected chi connectivity index (χ0v) is 24.7. The molecule has 0 aliphatic rings. The van der Waals surface area contributed by atoms with Gasteiger partial charge in [0.1, 0.15) is 5.78 Å². The van der Waals surface area contributed by atoms with Crippen LogP contribution in [-0.4, -0.2) is 30.0 Å². The Morgan fingerprint density at radius 3 is 1.20 bits per heavy atom. The van der Waals surface area contributed by atoms with Crippen LogP contribution < -0.4 is 22.1 Å². The van der Waals surface area contributed by atoms with E-state index in [9.17, 15) is 4.79 Å². The van der Waals surface area contributed by atoms with Crippen molar-refractivity contribution in [2.24, 2.45) is 0 Å². The zero-order chi connectivity index (χ0) is 26.0. The third-order valence-electron chi connectivity index (χ3n) is 5.37. The van der Waals surface area contributed by atoms with Crippen LogP contribution in [0.4, 0.5) is 11.4 Å². The van der Waals surface area contributed by atoms with E-state index in [-0.39, 0.29) is 40.6 Å². The highest BCUT2D eigenvalue weighted by Gasteiger charge is 2.32. The van der Waals surface area contributed by atoms with Gasteiger partial charge in [-0.1, -0.05) is 46.4 Å². The molecule has 0 fully saturated rings. The van der Waals surface area contributed by atoms with Gasteiger partial charge in [-0.2, -0.15) is 0 Å².